The molecule has 2 rings (SSSR count). The van der Waals surface area contributed by atoms with E-state index in [-0.39, 0.29) is 22.8 Å². The number of halogens is 3. The lowest BCUT2D eigenvalue weighted by Gasteiger charge is -2.10. The number of hydrogen-bond acceptors (Lipinski definition) is 3. The molecule has 0 radical (unpaired) electrons. The molecule has 0 atom stereocenters. The molecule has 18 heavy (non-hydrogen) atoms. The number of aromatic nitrogens is 3. The van der Waals surface area contributed by atoms with Gasteiger partial charge in [0.1, 0.15) is 0 Å². The third-order valence-electron chi connectivity index (χ3n) is 2.18. The van der Waals surface area contributed by atoms with Gasteiger partial charge in [-0.05, 0) is 41.9 Å². The second-order valence-electron chi connectivity index (χ2n) is 3.86. The lowest BCUT2D eigenvalue weighted by molar-refractivity contribution is 0.360. The molecule has 1 aromatic carbocycles. The van der Waals surface area contributed by atoms with Crippen molar-refractivity contribution in [2.45, 2.75) is 19.9 Å². The van der Waals surface area contributed by atoms with E-state index in [1.54, 1.807) is 10.7 Å². The second-order valence-corrected chi connectivity index (χ2v) is 4.97. The van der Waals surface area contributed by atoms with Crippen LogP contribution in [0, 0.1) is 5.82 Å². The molecule has 0 fully saturated rings. The van der Waals surface area contributed by atoms with Gasteiger partial charge in [-0.1, -0.05) is 17.7 Å². The van der Waals surface area contributed by atoms with E-state index in [1.807, 2.05) is 13.8 Å². The van der Waals surface area contributed by atoms with Crippen molar-refractivity contribution in [1.82, 2.24) is 14.8 Å². The summed E-state index contributed by atoms with van der Waals surface area (Å²) in [7, 11) is 0. The van der Waals surface area contributed by atoms with Crippen LogP contribution in [-0.2, 0) is 0 Å². The largest absolute Gasteiger partial charge is 0.421 e. The van der Waals surface area contributed by atoms with E-state index in [0.29, 0.717) is 4.73 Å². The van der Waals surface area contributed by atoms with Gasteiger partial charge in [0, 0.05) is 0 Å². The Balaban J connectivity index is 2.37. The van der Waals surface area contributed by atoms with Crippen molar-refractivity contribution in [3.05, 3.63) is 33.8 Å². The molecule has 0 unspecified atom stereocenters. The normalized spacial score (nSPS) is 11.0. The van der Waals surface area contributed by atoms with E-state index in [4.69, 9.17) is 16.3 Å². The molecule has 0 saturated heterocycles. The maximum absolute atomic E-state index is 13.7. The van der Waals surface area contributed by atoms with E-state index >= 15 is 0 Å². The Morgan fingerprint density at radius 3 is 2.83 bits per heavy atom. The monoisotopic (exact) mass is 333 g/mol. The number of nitrogens with zero attached hydrogens (tertiary/aromatic N) is 3. The van der Waals surface area contributed by atoms with Gasteiger partial charge in [0.05, 0.1) is 11.1 Å². The van der Waals surface area contributed by atoms with Crippen LogP contribution in [0.4, 0.5) is 4.39 Å². The first kappa shape index (κ1) is 13.3. The maximum atomic E-state index is 13.7. The highest BCUT2D eigenvalue weighted by Crippen LogP contribution is 2.29. The smallest absolute Gasteiger partial charge is 0.321 e. The van der Waals surface area contributed by atoms with Gasteiger partial charge in [0.15, 0.2) is 11.6 Å². The summed E-state index contributed by atoms with van der Waals surface area (Å²) in [4.78, 5) is 4.03. The van der Waals surface area contributed by atoms with Crippen molar-refractivity contribution >= 4 is 27.5 Å². The lowest BCUT2D eigenvalue weighted by Crippen LogP contribution is -2.05. The molecule has 1 aromatic heterocycles. The summed E-state index contributed by atoms with van der Waals surface area (Å²) in [6, 6.07) is 4.78. The summed E-state index contributed by atoms with van der Waals surface area (Å²) in [6.07, 6.45) is 0. The Bertz CT molecular complexity index is 573. The van der Waals surface area contributed by atoms with Crippen LogP contribution in [0.15, 0.2) is 22.9 Å². The summed E-state index contributed by atoms with van der Waals surface area (Å²) < 4.78 is 21.0. The predicted molar refractivity (Wildman–Crippen MR) is 69.6 cm³/mol. The number of benzene rings is 1. The predicted octanol–water partition coefficient (Wildman–Crippen LogP) is 4.21. The Morgan fingerprint density at radius 2 is 2.17 bits per heavy atom. The molecule has 0 saturated carbocycles. The van der Waals surface area contributed by atoms with Crippen LogP contribution in [0.5, 0.6) is 11.8 Å². The minimum Gasteiger partial charge on any atom is -0.421 e. The zero-order valence-corrected chi connectivity index (χ0v) is 12.0. The van der Waals surface area contributed by atoms with Gasteiger partial charge in [0.25, 0.3) is 0 Å². The van der Waals surface area contributed by atoms with Crippen molar-refractivity contribution < 1.29 is 9.13 Å². The van der Waals surface area contributed by atoms with Gasteiger partial charge < -0.3 is 4.74 Å². The number of ether oxygens (including phenoxy) is 1. The van der Waals surface area contributed by atoms with E-state index in [0.717, 1.165) is 0 Å². The zero-order valence-electron chi connectivity index (χ0n) is 9.69. The number of hydrogen-bond donors (Lipinski definition) is 0. The van der Waals surface area contributed by atoms with Crippen molar-refractivity contribution in [3.63, 3.8) is 0 Å². The SMILES string of the molecule is CC(C)n1nc(Br)nc1Oc1cccc(Cl)c1F. The second kappa shape index (κ2) is 5.24. The Kier molecular flexibility index (Phi) is 3.87. The molecule has 0 amide bonds. The van der Waals surface area contributed by atoms with Crippen LogP contribution in [0.3, 0.4) is 0 Å². The number of rotatable bonds is 3. The van der Waals surface area contributed by atoms with E-state index in [1.165, 1.54) is 12.1 Å². The average Bonchev–Trinajstić information content (AvgIpc) is 2.66. The Hall–Kier alpha value is -1.14. The first-order valence-corrected chi connectivity index (χ1v) is 6.40. The maximum Gasteiger partial charge on any atom is 0.321 e. The topological polar surface area (TPSA) is 39.9 Å². The fourth-order valence-electron chi connectivity index (χ4n) is 1.35. The Morgan fingerprint density at radius 1 is 1.44 bits per heavy atom. The van der Waals surface area contributed by atoms with Gasteiger partial charge in [-0.15, -0.1) is 5.10 Å². The average molecular weight is 335 g/mol. The highest BCUT2D eigenvalue weighted by atomic mass is 79.9. The fraction of sp³-hybridized carbons (Fsp3) is 0.273. The first-order chi connectivity index (χ1) is 8.49. The fourth-order valence-corrected chi connectivity index (χ4v) is 1.84. The molecule has 0 N–H and O–H groups in total. The van der Waals surface area contributed by atoms with Gasteiger partial charge in [-0.2, -0.15) is 4.98 Å². The van der Waals surface area contributed by atoms with Gasteiger partial charge >= 0.3 is 6.01 Å². The summed E-state index contributed by atoms with van der Waals surface area (Å²) in [5.74, 6) is -0.599. The van der Waals surface area contributed by atoms with Gasteiger partial charge in [-0.25, -0.2) is 9.07 Å². The summed E-state index contributed by atoms with van der Waals surface area (Å²) in [5, 5.41) is 4.10. The summed E-state index contributed by atoms with van der Waals surface area (Å²) in [6.45, 7) is 3.84. The molecule has 4 nitrogen and oxygen atoms in total. The zero-order chi connectivity index (χ0) is 13.3. The molecule has 0 aliphatic carbocycles. The van der Waals surface area contributed by atoms with Crippen LogP contribution < -0.4 is 4.74 Å². The molecular weight excluding hydrogens is 324 g/mol. The van der Waals surface area contributed by atoms with Crippen molar-refractivity contribution in [2.24, 2.45) is 0 Å². The molecule has 0 aliphatic rings. The molecule has 7 heteroatoms. The Labute approximate surface area is 117 Å². The quantitative estimate of drug-likeness (QED) is 0.844. The van der Waals surface area contributed by atoms with E-state index in [2.05, 4.69) is 26.0 Å². The molecule has 2 aromatic rings. The van der Waals surface area contributed by atoms with Crippen molar-refractivity contribution in [1.29, 1.82) is 0 Å². The molecule has 0 aliphatic heterocycles. The summed E-state index contributed by atoms with van der Waals surface area (Å²) in [5.41, 5.74) is 0. The van der Waals surface area contributed by atoms with Gasteiger partial charge in [0.2, 0.25) is 4.73 Å². The van der Waals surface area contributed by atoms with E-state index in [9.17, 15) is 4.39 Å². The minimum absolute atomic E-state index is 0.00202. The van der Waals surface area contributed by atoms with Crippen LogP contribution in [0.25, 0.3) is 0 Å². The van der Waals surface area contributed by atoms with Crippen LogP contribution in [0.1, 0.15) is 19.9 Å². The minimum atomic E-state index is -0.617. The van der Waals surface area contributed by atoms with Crippen LogP contribution in [0.2, 0.25) is 5.02 Å². The standard InChI is InChI=1S/C11H10BrClFN3O/c1-6(2)17-11(15-10(12)16-17)18-8-5-3-4-7(13)9(8)14/h3-6H,1-2H3. The van der Waals surface area contributed by atoms with E-state index < -0.39 is 5.82 Å². The van der Waals surface area contributed by atoms with Crippen LogP contribution >= 0.6 is 27.5 Å². The van der Waals surface area contributed by atoms with Crippen molar-refractivity contribution in [3.8, 4) is 11.8 Å². The van der Waals surface area contributed by atoms with Crippen molar-refractivity contribution in [2.75, 3.05) is 0 Å². The molecule has 1 heterocycles. The lowest BCUT2D eigenvalue weighted by atomic mass is 10.3. The molecule has 0 spiro atoms. The highest BCUT2D eigenvalue weighted by molar-refractivity contribution is 9.10. The van der Waals surface area contributed by atoms with Gasteiger partial charge in [-0.3, -0.25) is 0 Å². The highest BCUT2D eigenvalue weighted by Gasteiger charge is 2.16. The van der Waals surface area contributed by atoms with Crippen LogP contribution in [-0.4, -0.2) is 14.8 Å². The summed E-state index contributed by atoms with van der Waals surface area (Å²) >= 11 is 8.84. The molecule has 0 bridgehead atoms. The molecular formula is C11H10BrClFN3O. The third kappa shape index (κ3) is 2.64. The first-order valence-electron chi connectivity index (χ1n) is 5.23. The third-order valence-corrected chi connectivity index (χ3v) is 2.81. The molecule has 96 valence electrons.